The maximum absolute atomic E-state index is 14.2. The SMILES string of the molecule is CCCNC(=O)c1ccc(COc2ccc3c(c2)[C@H](c2cccc(F)c2)N(C(=O)C(C)(C)C)CC3)o1. The molecule has 0 fully saturated rings. The Labute approximate surface area is 211 Å². The van der Waals surface area contributed by atoms with E-state index >= 15 is 0 Å². The van der Waals surface area contributed by atoms with Crippen LogP contribution < -0.4 is 10.1 Å². The van der Waals surface area contributed by atoms with Crippen molar-refractivity contribution in [1.82, 2.24) is 10.2 Å². The van der Waals surface area contributed by atoms with Gasteiger partial charge >= 0.3 is 0 Å². The van der Waals surface area contributed by atoms with Gasteiger partial charge in [-0.05, 0) is 65.9 Å². The number of rotatable bonds is 7. The fourth-order valence-electron chi connectivity index (χ4n) is 4.43. The summed E-state index contributed by atoms with van der Waals surface area (Å²) in [4.78, 5) is 27.3. The molecule has 3 aromatic rings. The van der Waals surface area contributed by atoms with Crippen LogP contribution in [0.1, 0.15) is 73.2 Å². The third-order valence-corrected chi connectivity index (χ3v) is 6.21. The molecule has 1 aliphatic rings. The molecule has 4 rings (SSSR count). The van der Waals surface area contributed by atoms with Crippen LogP contribution in [0.15, 0.2) is 59.0 Å². The number of nitrogens with one attached hydrogen (secondary N) is 1. The monoisotopic (exact) mass is 492 g/mol. The van der Waals surface area contributed by atoms with E-state index in [1.54, 1.807) is 18.2 Å². The van der Waals surface area contributed by atoms with E-state index in [9.17, 15) is 14.0 Å². The van der Waals surface area contributed by atoms with Gasteiger partial charge < -0.3 is 19.4 Å². The molecule has 0 unspecified atom stereocenters. The highest BCUT2D eigenvalue weighted by Crippen LogP contribution is 2.39. The fourth-order valence-corrected chi connectivity index (χ4v) is 4.43. The molecular formula is C29H33FN2O4. The van der Waals surface area contributed by atoms with Gasteiger partial charge in [-0.15, -0.1) is 0 Å². The van der Waals surface area contributed by atoms with Crippen LogP contribution in [-0.2, 0) is 17.8 Å². The molecule has 0 saturated carbocycles. The zero-order chi connectivity index (χ0) is 25.9. The van der Waals surface area contributed by atoms with Crippen molar-refractivity contribution >= 4 is 11.8 Å². The summed E-state index contributed by atoms with van der Waals surface area (Å²) in [6, 6.07) is 15.2. The minimum atomic E-state index is -0.572. The van der Waals surface area contributed by atoms with Crippen molar-refractivity contribution < 1.29 is 23.1 Å². The van der Waals surface area contributed by atoms with E-state index in [0.717, 1.165) is 23.1 Å². The summed E-state index contributed by atoms with van der Waals surface area (Å²) < 4.78 is 25.8. The van der Waals surface area contributed by atoms with Crippen molar-refractivity contribution in [2.24, 2.45) is 5.41 Å². The van der Waals surface area contributed by atoms with Crippen LogP contribution in [-0.4, -0.2) is 29.8 Å². The summed E-state index contributed by atoms with van der Waals surface area (Å²) in [5.41, 5.74) is 2.17. The van der Waals surface area contributed by atoms with E-state index < -0.39 is 11.5 Å². The molecule has 0 spiro atoms. The van der Waals surface area contributed by atoms with Crippen LogP contribution in [0.5, 0.6) is 5.75 Å². The first-order valence-electron chi connectivity index (χ1n) is 12.4. The van der Waals surface area contributed by atoms with Gasteiger partial charge in [-0.2, -0.15) is 0 Å². The number of fused-ring (bicyclic) bond motifs is 1. The third kappa shape index (κ3) is 5.61. The second kappa shape index (κ2) is 10.6. The van der Waals surface area contributed by atoms with Crippen LogP contribution in [0.2, 0.25) is 0 Å². The summed E-state index contributed by atoms with van der Waals surface area (Å²) in [6.07, 6.45) is 1.55. The van der Waals surface area contributed by atoms with Crippen LogP contribution in [0.3, 0.4) is 0 Å². The second-order valence-corrected chi connectivity index (χ2v) is 10.1. The number of carbonyl (C=O) groups excluding carboxylic acids is 2. The van der Waals surface area contributed by atoms with E-state index in [1.807, 2.05) is 56.9 Å². The zero-order valence-corrected chi connectivity index (χ0v) is 21.3. The van der Waals surface area contributed by atoms with E-state index in [-0.39, 0.29) is 30.0 Å². The maximum atomic E-state index is 14.2. The summed E-state index contributed by atoms with van der Waals surface area (Å²) in [6.45, 7) is 8.96. The number of benzene rings is 2. The summed E-state index contributed by atoms with van der Waals surface area (Å²) in [5, 5.41) is 2.79. The lowest BCUT2D eigenvalue weighted by atomic mass is 9.85. The van der Waals surface area contributed by atoms with Gasteiger partial charge in [0.25, 0.3) is 5.91 Å². The van der Waals surface area contributed by atoms with E-state index in [4.69, 9.17) is 9.15 Å². The average Bonchev–Trinajstić information content (AvgIpc) is 3.33. The Kier molecular flexibility index (Phi) is 7.48. The Morgan fingerprint density at radius 2 is 1.94 bits per heavy atom. The molecule has 0 saturated heterocycles. The van der Waals surface area contributed by atoms with Crippen LogP contribution in [0.4, 0.5) is 4.39 Å². The first-order chi connectivity index (χ1) is 17.2. The zero-order valence-electron chi connectivity index (χ0n) is 21.3. The molecular weight excluding hydrogens is 459 g/mol. The van der Waals surface area contributed by atoms with Crippen LogP contribution in [0.25, 0.3) is 0 Å². The number of halogens is 1. The molecule has 190 valence electrons. The van der Waals surface area contributed by atoms with Crippen molar-refractivity contribution in [3.63, 3.8) is 0 Å². The van der Waals surface area contributed by atoms with Gasteiger partial charge in [0, 0.05) is 18.5 Å². The highest BCUT2D eigenvalue weighted by atomic mass is 19.1. The maximum Gasteiger partial charge on any atom is 0.286 e. The molecule has 1 N–H and O–H groups in total. The van der Waals surface area contributed by atoms with Crippen molar-refractivity contribution in [3.05, 3.63) is 88.6 Å². The predicted molar refractivity (Wildman–Crippen MR) is 135 cm³/mol. The van der Waals surface area contributed by atoms with E-state index in [2.05, 4.69) is 5.32 Å². The molecule has 2 aromatic carbocycles. The second-order valence-electron chi connectivity index (χ2n) is 10.1. The standard InChI is InChI=1S/C29H33FN2O4/c1-5-14-31-27(33)25-12-11-23(36-25)18-35-22-10-9-19-13-15-32(28(34)29(2,3)4)26(24(19)17-22)20-7-6-8-21(30)16-20/h6-12,16-17,26H,5,13-15,18H2,1-4H3,(H,31,33)/t26-/m0/s1. The molecule has 7 heteroatoms. The van der Waals surface area contributed by atoms with Gasteiger partial charge in [-0.25, -0.2) is 4.39 Å². The summed E-state index contributed by atoms with van der Waals surface area (Å²) in [7, 11) is 0. The van der Waals surface area contributed by atoms with Gasteiger partial charge in [-0.1, -0.05) is 45.9 Å². The smallest absolute Gasteiger partial charge is 0.286 e. The van der Waals surface area contributed by atoms with Crippen molar-refractivity contribution in [2.75, 3.05) is 13.1 Å². The molecule has 0 aliphatic carbocycles. The first-order valence-corrected chi connectivity index (χ1v) is 12.4. The highest BCUT2D eigenvalue weighted by Gasteiger charge is 2.37. The fraction of sp³-hybridized carbons (Fsp3) is 0.379. The number of hydrogen-bond acceptors (Lipinski definition) is 4. The molecule has 1 atom stereocenters. The third-order valence-electron chi connectivity index (χ3n) is 6.21. The molecule has 2 amide bonds. The molecule has 2 heterocycles. The topological polar surface area (TPSA) is 71.8 Å². The molecule has 1 aromatic heterocycles. The first kappa shape index (κ1) is 25.5. The highest BCUT2D eigenvalue weighted by molar-refractivity contribution is 5.91. The Balaban J connectivity index is 1.60. The minimum absolute atomic E-state index is 0.0122. The number of hydrogen-bond donors (Lipinski definition) is 1. The summed E-state index contributed by atoms with van der Waals surface area (Å²) in [5.74, 6) is 0.799. The number of ether oxygens (including phenoxy) is 1. The number of amides is 2. The molecule has 6 nitrogen and oxygen atoms in total. The quantitative estimate of drug-likeness (QED) is 0.462. The van der Waals surface area contributed by atoms with E-state index in [1.165, 1.54) is 12.1 Å². The average molecular weight is 493 g/mol. The summed E-state index contributed by atoms with van der Waals surface area (Å²) >= 11 is 0. The van der Waals surface area contributed by atoms with Gasteiger partial charge in [-0.3, -0.25) is 9.59 Å². The lowest BCUT2D eigenvalue weighted by molar-refractivity contribution is -0.141. The molecule has 1 aliphatic heterocycles. The van der Waals surface area contributed by atoms with Crippen molar-refractivity contribution in [2.45, 2.75) is 53.2 Å². The predicted octanol–water partition coefficient (Wildman–Crippen LogP) is 5.66. The van der Waals surface area contributed by atoms with E-state index in [0.29, 0.717) is 31.0 Å². The lowest BCUT2D eigenvalue weighted by Gasteiger charge is -2.41. The number of carbonyl (C=O) groups is 2. The largest absolute Gasteiger partial charge is 0.486 e. The Bertz CT molecular complexity index is 1240. The molecule has 0 bridgehead atoms. The van der Waals surface area contributed by atoms with Crippen molar-refractivity contribution in [1.29, 1.82) is 0 Å². The Morgan fingerprint density at radius 3 is 2.67 bits per heavy atom. The van der Waals surface area contributed by atoms with Crippen molar-refractivity contribution in [3.8, 4) is 5.75 Å². The number of nitrogens with zero attached hydrogens (tertiary/aromatic N) is 1. The Hall–Kier alpha value is -3.61. The minimum Gasteiger partial charge on any atom is -0.486 e. The van der Waals surface area contributed by atoms with Gasteiger partial charge in [0.1, 0.15) is 23.9 Å². The number of furan rings is 1. The van der Waals surface area contributed by atoms with Crippen LogP contribution in [0, 0.1) is 11.2 Å². The molecule has 0 radical (unpaired) electrons. The Morgan fingerprint density at radius 1 is 1.14 bits per heavy atom. The van der Waals surface area contributed by atoms with Gasteiger partial charge in [0.15, 0.2) is 5.76 Å². The normalized spacial score (nSPS) is 15.4. The molecule has 36 heavy (non-hydrogen) atoms. The van der Waals surface area contributed by atoms with Crippen LogP contribution >= 0.6 is 0 Å². The van der Waals surface area contributed by atoms with Gasteiger partial charge in [0.05, 0.1) is 6.04 Å². The lowest BCUT2D eigenvalue weighted by Crippen LogP contribution is -2.45. The van der Waals surface area contributed by atoms with Gasteiger partial charge in [0.2, 0.25) is 5.91 Å².